The first-order valence-electron chi connectivity index (χ1n) is 7.81. The molecule has 0 saturated carbocycles. The minimum Gasteiger partial charge on any atom is -0.324 e. The number of hydrogen-bond acceptors (Lipinski definition) is 6. The Morgan fingerprint density at radius 3 is 2.64 bits per heavy atom. The Hall–Kier alpha value is -2.45. The molecule has 0 fully saturated rings. The molecule has 0 amide bonds. The lowest BCUT2D eigenvalue weighted by Gasteiger charge is -2.17. The lowest BCUT2D eigenvalue weighted by molar-refractivity contribution is 0.603. The summed E-state index contributed by atoms with van der Waals surface area (Å²) >= 11 is 1.22. The van der Waals surface area contributed by atoms with E-state index in [-0.39, 0.29) is 10.0 Å². The van der Waals surface area contributed by atoms with Crippen molar-refractivity contribution >= 4 is 38.7 Å². The molecule has 25 heavy (non-hydrogen) atoms. The minimum atomic E-state index is -3.62. The quantitative estimate of drug-likeness (QED) is 0.760. The molecule has 1 aliphatic heterocycles. The van der Waals surface area contributed by atoms with Gasteiger partial charge in [-0.1, -0.05) is 18.2 Å². The van der Waals surface area contributed by atoms with Crippen LogP contribution in [0.15, 0.2) is 52.7 Å². The number of para-hydroxylation sites is 1. The Morgan fingerprint density at radius 2 is 1.92 bits per heavy atom. The average molecular weight is 372 g/mol. The molecule has 0 unspecified atom stereocenters. The van der Waals surface area contributed by atoms with Crippen LogP contribution in [0.5, 0.6) is 0 Å². The molecule has 6 nitrogen and oxygen atoms in total. The van der Waals surface area contributed by atoms with Crippen molar-refractivity contribution in [1.82, 2.24) is 10.2 Å². The van der Waals surface area contributed by atoms with E-state index in [4.69, 9.17) is 0 Å². The number of hydrogen-bond donors (Lipinski definition) is 1. The van der Waals surface area contributed by atoms with E-state index in [1.54, 1.807) is 24.3 Å². The predicted molar refractivity (Wildman–Crippen MR) is 99.0 cm³/mol. The summed E-state index contributed by atoms with van der Waals surface area (Å²) in [7, 11) is -3.62. The zero-order chi connectivity index (χ0) is 17.4. The van der Waals surface area contributed by atoms with Crippen LogP contribution in [0.1, 0.15) is 10.4 Å². The number of sulfonamides is 1. The maximum absolute atomic E-state index is 12.3. The number of benzene rings is 1. The smallest absolute Gasteiger partial charge is 0.272 e. The second-order valence-corrected chi connectivity index (χ2v) is 8.97. The zero-order valence-electron chi connectivity index (χ0n) is 13.5. The molecule has 0 aliphatic carbocycles. The van der Waals surface area contributed by atoms with Gasteiger partial charge in [-0.05, 0) is 49.2 Å². The van der Waals surface area contributed by atoms with Crippen molar-refractivity contribution in [2.45, 2.75) is 17.6 Å². The van der Waals surface area contributed by atoms with Gasteiger partial charge < -0.3 is 4.90 Å². The number of aryl methyl sites for hydroxylation is 1. The van der Waals surface area contributed by atoms with Crippen LogP contribution in [0.4, 0.5) is 17.3 Å². The summed E-state index contributed by atoms with van der Waals surface area (Å²) in [5.74, 6) is 0.919. The van der Waals surface area contributed by atoms with E-state index in [0.29, 0.717) is 5.82 Å². The van der Waals surface area contributed by atoms with E-state index in [0.717, 1.165) is 23.5 Å². The standard InChI is InChI=1S/C17H16N4O2S2/c1-12-6-9-17(24-12)25(22,23)20-15-7-8-16(19-18-15)21-11-10-13-4-2-3-5-14(13)21/h2-9H,10-11H2,1H3,(H,18,20). The van der Waals surface area contributed by atoms with Crippen LogP contribution in [0.3, 0.4) is 0 Å². The molecule has 3 heterocycles. The van der Waals surface area contributed by atoms with Gasteiger partial charge in [-0.2, -0.15) is 0 Å². The van der Waals surface area contributed by atoms with Crippen molar-refractivity contribution < 1.29 is 8.42 Å². The van der Waals surface area contributed by atoms with Crippen LogP contribution >= 0.6 is 11.3 Å². The van der Waals surface area contributed by atoms with Gasteiger partial charge >= 0.3 is 0 Å². The average Bonchev–Trinajstić information content (AvgIpc) is 3.22. The SMILES string of the molecule is Cc1ccc(S(=O)(=O)Nc2ccc(N3CCc4ccccc43)nn2)s1. The van der Waals surface area contributed by atoms with Crippen molar-refractivity contribution in [2.24, 2.45) is 0 Å². The van der Waals surface area contributed by atoms with Crippen molar-refractivity contribution in [1.29, 1.82) is 0 Å². The summed E-state index contributed by atoms with van der Waals surface area (Å²) in [6.45, 7) is 2.71. The first-order valence-corrected chi connectivity index (χ1v) is 10.1. The highest BCUT2D eigenvalue weighted by Crippen LogP contribution is 2.33. The fraction of sp³-hybridized carbons (Fsp3) is 0.176. The van der Waals surface area contributed by atoms with Gasteiger partial charge in [0.25, 0.3) is 10.0 Å². The summed E-state index contributed by atoms with van der Waals surface area (Å²) in [5, 5.41) is 8.23. The van der Waals surface area contributed by atoms with Gasteiger partial charge in [0, 0.05) is 17.1 Å². The Morgan fingerprint density at radius 1 is 1.08 bits per heavy atom. The molecule has 0 radical (unpaired) electrons. The first-order chi connectivity index (χ1) is 12.0. The van der Waals surface area contributed by atoms with Crippen molar-refractivity contribution in [3.63, 3.8) is 0 Å². The zero-order valence-corrected chi connectivity index (χ0v) is 15.1. The lowest BCUT2D eigenvalue weighted by atomic mass is 10.2. The Kier molecular flexibility index (Phi) is 3.93. The second kappa shape index (κ2) is 6.12. The van der Waals surface area contributed by atoms with Crippen molar-refractivity contribution in [3.8, 4) is 0 Å². The summed E-state index contributed by atoms with van der Waals surface area (Å²) in [6.07, 6.45) is 0.962. The molecular formula is C17H16N4O2S2. The van der Waals surface area contributed by atoms with Crippen LogP contribution in [-0.2, 0) is 16.4 Å². The Balaban J connectivity index is 1.55. The van der Waals surface area contributed by atoms with E-state index in [2.05, 4.69) is 32.0 Å². The first kappa shape index (κ1) is 16.0. The third-order valence-corrected chi connectivity index (χ3v) is 6.88. The van der Waals surface area contributed by atoms with E-state index >= 15 is 0 Å². The second-order valence-electron chi connectivity index (χ2n) is 5.78. The van der Waals surface area contributed by atoms with Gasteiger partial charge in [-0.25, -0.2) is 8.42 Å². The molecular weight excluding hydrogens is 356 g/mol. The number of rotatable bonds is 4. The molecule has 1 N–H and O–H groups in total. The van der Waals surface area contributed by atoms with Gasteiger partial charge in [-0.3, -0.25) is 4.72 Å². The van der Waals surface area contributed by atoms with E-state index in [9.17, 15) is 8.42 Å². The Labute approximate surface area is 150 Å². The number of thiophene rings is 1. The topological polar surface area (TPSA) is 75.2 Å². The normalized spacial score (nSPS) is 13.7. The van der Waals surface area contributed by atoms with E-state index in [1.165, 1.54) is 16.9 Å². The van der Waals surface area contributed by atoms with E-state index in [1.807, 2.05) is 19.1 Å². The summed E-state index contributed by atoms with van der Waals surface area (Å²) in [4.78, 5) is 3.03. The summed E-state index contributed by atoms with van der Waals surface area (Å²) in [6, 6.07) is 15.0. The maximum Gasteiger partial charge on any atom is 0.272 e. The third kappa shape index (κ3) is 3.10. The molecule has 2 aromatic heterocycles. The van der Waals surface area contributed by atoms with Crippen molar-refractivity contribution in [3.05, 3.63) is 59.0 Å². The molecule has 1 aliphatic rings. The molecule has 0 spiro atoms. The monoisotopic (exact) mass is 372 g/mol. The number of anilines is 3. The van der Waals surface area contributed by atoms with Gasteiger partial charge in [0.2, 0.25) is 0 Å². The third-order valence-electron chi connectivity index (χ3n) is 4.03. The number of fused-ring (bicyclic) bond motifs is 1. The molecule has 8 heteroatoms. The highest BCUT2D eigenvalue weighted by Gasteiger charge is 2.22. The molecule has 4 rings (SSSR count). The van der Waals surface area contributed by atoms with Gasteiger partial charge in [0.15, 0.2) is 11.6 Å². The summed E-state index contributed by atoms with van der Waals surface area (Å²) in [5.41, 5.74) is 2.40. The molecule has 0 bridgehead atoms. The highest BCUT2D eigenvalue weighted by atomic mass is 32.2. The lowest BCUT2D eigenvalue weighted by Crippen LogP contribution is -2.17. The highest BCUT2D eigenvalue weighted by molar-refractivity contribution is 7.94. The number of aromatic nitrogens is 2. The van der Waals surface area contributed by atoms with Crippen molar-refractivity contribution in [2.75, 3.05) is 16.2 Å². The Bertz CT molecular complexity index is 1010. The van der Waals surface area contributed by atoms with Crippen LogP contribution < -0.4 is 9.62 Å². The van der Waals surface area contributed by atoms with Crippen LogP contribution in [0.25, 0.3) is 0 Å². The minimum absolute atomic E-state index is 0.210. The maximum atomic E-state index is 12.3. The predicted octanol–water partition coefficient (Wildman–Crippen LogP) is 3.34. The van der Waals surface area contributed by atoms with Crippen LogP contribution in [0.2, 0.25) is 0 Å². The van der Waals surface area contributed by atoms with E-state index < -0.39 is 10.0 Å². The van der Waals surface area contributed by atoms with Gasteiger partial charge in [0.05, 0.1) is 0 Å². The fourth-order valence-electron chi connectivity index (χ4n) is 2.84. The number of nitrogens with one attached hydrogen (secondary N) is 1. The van der Waals surface area contributed by atoms with Crippen LogP contribution in [0, 0.1) is 6.92 Å². The molecule has 1 aromatic carbocycles. The van der Waals surface area contributed by atoms with Crippen LogP contribution in [-0.4, -0.2) is 25.2 Å². The molecule has 0 saturated heterocycles. The molecule has 3 aromatic rings. The van der Waals surface area contributed by atoms with Gasteiger partial charge in [0.1, 0.15) is 4.21 Å². The molecule has 128 valence electrons. The summed E-state index contributed by atoms with van der Waals surface area (Å²) < 4.78 is 27.4. The molecule has 0 atom stereocenters. The fourth-order valence-corrected chi connectivity index (χ4v) is 5.12. The number of nitrogens with zero attached hydrogens (tertiary/aromatic N) is 3. The van der Waals surface area contributed by atoms with Gasteiger partial charge in [-0.15, -0.1) is 21.5 Å². The largest absolute Gasteiger partial charge is 0.324 e.